The summed E-state index contributed by atoms with van der Waals surface area (Å²) in [5, 5.41) is 0. The molecule has 0 aliphatic heterocycles. The van der Waals surface area contributed by atoms with E-state index in [0.29, 0.717) is 19.4 Å². The Balaban J connectivity index is 1.94. The molecule has 1 aromatic carbocycles. The number of rotatable bonds is 5. The molecule has 1 aromatic rings. The van der Waals surface area contributed by atoms with Crippen molar-refractivity contribution < 1.29 is 13.5 Å². The largest absolute Gasteiger partial charge is 0.494 e. The van der Waals surface area contributed by atoms with Crippen LogP contribution in [0.1, 0.15) is 50.6 Å². The first-order valence-electron chi connectivity index (χ1n) is 7.38. The van der Waals surface area contributed by atoms with E-state index < -0.39 is 5.92 Å². The average molecular weight is 283 g/mol. The van der Waals surface area contributed by atoms with Gasteiger partial charge in [0.1, 0.15) is 5.75 Å². The van der Waals surface area contributed by atoms with E-state index in [0.717, 1.165) is 17.7 Å². The quantitative estimate of drug-likeness (QED) is 0.874. The number of hydrogen-bond donors (Lipinski definition) is 1. The summed E-state index contributed by atoms with van der Waals surface area (Å²) in [7, 11) is 0. The molecule has 2 N–H and O–H groups in total. The third-order valence-electron chi connectivity index (χ3n) is 4.01. The van der Waals surface area contributed by atoms with E-state index in [1.165, 1.54) is 0 Å². The lowest BCUT2D eigenvalue weighted by Gasteiger charge is -2.32. The van der Waals surface area contributed by atoms with E-state index in [4.69, 9.17) is 10.5 Å². The van der Waals surface area contributed by atoms with Gasteiger partial charge < -0.3 is 10.5 Å². The second kappa shape index (κ2) is 6.53. The highest BCUT2D eigenvalue weighted by molar-refractivity contribution is 5.29. The Labute approximate surface area is 119 Å². The molecule has 0 saturated heterocycles. The van der Waals surface area contributed by atoms with Crippen molar-refractivity contribution in [1.82, 2.24) is 0 Å². The third-order valence-corrected chi connectivity index (χ3v) is 4.01. The van der Waals surface area contributed by atoms with Crippen LogP contribution in [0.2, 0.25) is 0 Å². The van der Waals surface area contributed by atoms with Gasteiger partial charge in [-0.25, -0.2) is 8.78 Å². The van der Waals surface area contributed by atoms with Crippen molar-refractivity contribution >= 4 is 0 Å². The number of ether oxygens (including phenoxy) is 1. The topological polar surface area (TPSA) is 35.2 Å². The molecule has 0 spiro atoms. The van der Waals surface area contributed by atoms with Crippen molar-refractivity contribution in [3.63, 3.8) is 0 Å². The van der Waals surface area contributed by atoms with E-state index in [1.807, 2.05) is 24.3 Å². The van der Waals surface area contributed by atoms with E-state index in [9.17, 15) is 8.78 Å². The lowest BCUT2D eigenvalue weighted by atomic mass is 9.80. The zero-order valence-corrected chi connectivity index (χ0v) is 11.9. The van der Waals surface area contributed by atoms with Gasteiger partial charge in [-0.15, -0.1) is 0 Å². The fourth-order valence-electron chi connectivity index (χ4n) is 2.70. The Morgan fingerprint density at radius 3 is 2.40 bits per heavy atom. The van der Waals surface area contributed by atoms with Crippen molar-refractivity contribution in [3.8, 4) is 5.75 Å². The normalized spacial score (nSPS) is 20.6. The van der Waals surface area contributed by atoms with Gasteiger partial charge in [0, 0.05) is 18.9 Å². The molecule has 20 heavy (non-hydrogen) atoms. The molecule has 0 aromatic heterocycles. The maximum absolute atomic E-state index is 13.2. The maximum atomic E-state index is 13.2. The Hall–Kier alpha value is -1.16. The van der Waals surface area contributed by atoms with E-state index in [1.54, 1.807) is 0 Å². The maximum Gasteiger partial charge on any atom is 0.248 e. The minimum atomic E-state index is -2.49. The average Bonchev–Trinajstić information content (AvgIpc) is 2.45. The van der Waals surface area contributed by atoms with Crippen molar-refractivity contribution in [2.45, 2.75) is 51.0 Å². The molecule has 1 atom stereocenters. The standard InChI is InChI=1S/C16H23F2NO/c1-2-11-20-14-5-3-12(4-6-14)15(19)13-7-9-16(17,18)10-8-13/h3-6,13,15H,2,7-11,19H2,1H3. The molecule has 1 aliphatic rings. The summed E-state index contributed by atoms with van der Waals surface area (Å²) >= 11 is 0. The van der Waals surface area contributed by atoms with Gasteiger partial charge in [-0.1, -0.05) is 19.1 Å². The molecular formula is C16H23F2NO. The van der Waals surface area contributed by atoms with E-state index in [2.05, 4.69) is 6.92 Å². The Kier molecular flexibility index (Phi) is 4.97. The van der Waals surface area contributed by atoms with Crippen LogP contribution in [0.15, 0.2) is 24.3 Å². The molecule has 4 heteroatoms. The van der Waals surface area contributed by atoms with Crippen LogP contribution in [0.5, 0.6) is 5.75 Å². The van der Waals surface area contributed by atoms with Crippen LogP contribution in [0, 0.1) is 5.92 Å². The predicted molar refractivity (Wildman–Crippen MR) is 76.1 cm³/mol. The molecule has 1 fully saturated rings. The second-order valence-electron chi connectivity index (χ2n) is 5.64. The molecule has 0 amide bonds. The predicted octanol–water partition coefficient (Wildman–Crippen LogP) is 4.30. The van der Waals surface area contributed by atoms with Gasteiger partial charge in [-0.2, -0.15) is 0 Å². The number of hydrogen-bond acceptors (Lipinski definition) is 2. The van der Waals surface area contributed by atoms with Crippen LogP contribution in [-0.2, 0) is 0 Å². The lowest BCUT2D eigenvalue weighted by molar-refractivity contribution is -0.0483. The number of nitrogens with two attached hydrogens (primary N) is 1. The molecule has 2 nitrogen and oxygen atoms in total. The van der Waals surface area contributed by atoms with Crippen LogP contribution in [0.4, 0.5) is 8.78 Å². The highest BCUT2D eigenvalue weighted by Gasteiger charge is 2.37. The molecule has 0 bridgehead atoms. The Morgan fingerprint density at radius 2 is 1.85 bits per heavy atom. The molecule has 2 rings (SSSR count). The summed E-state index contributed by atoms with van der Waals surface area (Å²) in [5.41, 5.74) is 7.23. The van der Waals surface area contributed by atoms with Gasteiger partial charge in [0.15, 0.2) is 0 Å². The molecule has 112 valence electrons. The van der Waals surface area contributed by atoms with Crippen molar-refractivity contribution in [2.75, 3.05) is 6.61 Å². The summed E-state index contributed by atoms with van der Waals surface area (Å²) in [6.07, 6.45) is 1.90. The molecular weight excluding hydrogens is 260 g/mol. The van der Waals surface area contributed by atoms with Gasteiger partial charge in [-0.3, -0.25) is 0 Å². The summed E-state index contributed by atoms with van der Waals surface area (Å²) in [5.74, 6) is -1.51. The highest BCUT2D eigenvalue weighted by Crippen LogP contribution is 2.40. The smallest absolute Gasteiger partial charge is 0.248 e. The van der Waals surface area contributed by atoms with Gasteiger partial charge in [0.05, 0.1) is 6.61 Å². The van der Waals surface area contributed by atoms with Crippen molar-refractivity contribution in [3.05, 3.63) is 29.8 Å². The first-order valence-corrected chi connectivity index (χ1v) is 7.38. The van der Waals surface area contributed by atoms with Crippen LogP contribution < -0.4 is 10.5 Å². The number of alkyl halides is 2. The van der Waals surface area contributed by atoms with Crippen molar-refractivity contribution in [1.29, 1.82) is 0 Å². The van der Waals surface area contributed by atoms with Gasteiger partial charge in [-0.05, 0) is 42.9 Å². The van der Waals surface area contributed by atoms with Gasteiger partial charge in [0.25, 0.3) is 0 Å². The van der Waals surface area contributed by atoms with E-state index >= 15 is 0 Å². The fourth-order valence-corrected chi connectivity index (χ4v) is 2.70. The molecule has 0 heterocycles. The monoisotopic (exact) mass is 283 g/mol. The summed E-state index contributed by atoms with van der Waals surface area (Å²) in [4.78, 5) is 0. The van der Waals surface area contributed by atoms with Gasteiger partial charge >= 0.3 is 0 Å². The Morgan fingerprint density at radius 1 is 1.25 bits per heavy atom. The molecule has 0 radical (unpaired) electrons. The number of benzene rings is 1. The summed E-state index contributed by atoms with van der Waals surface area (Å²) in [6.45, 7) is 2.76. The SMILES string of the molecule is CCCOc1ccc(C(N)C2CCC(F)(F)CC2)cc1. The first kappa shape index (κ1) is 15.2. The molecule has 1 saturated carbocycles. The third kappa shape index (κ3) is 3.92. The van der Waals surface area contributed by atoms with Crippen molar-refractivity contribution in [2.24, 2.45) is 11.7 Å². The summed E-state index contributed by atoms with van der Waals surface area (Å²) < 4.78 is 31.8. The fraction of sp³-hybridized carbons (Fsp3) is 0.625. The lowest BCUT2D eigenvalue weighted by Crippen LogP contribution is -2.30. The van der Waals surface area contributed by atoms with Crippen LogP contribution in [0.3, 0.4) is 0 Å². The van der Waals surface area contributed by atoms with E-state index in [-0.39, 0.29) is 24.8 Å². The summed E-state index contributed by atoms with van der Waals surface area (Å²) in [6, 6.07) is 7.54. The Bertz CT molecular complexity index is 409. The second-order valence-corrected chi connectivity index (χ2v) is 5.64. The minimum Gasteiger partial charge on any atom is -0.494 e. The molecule has 1 unspecified atom stereocenters. The first-order chi connectivity index (χ1) is 9.52. The van der Waals surface area contributed by atoms with Crippen LogP contribution >= 0.6 is 0 Å². The number of halogens is 2. The van der Waals surface area contributed by atoms with Crippen LogP contribution in [0.25, 0.3) is 0 Å². The highest BCUT2D eigenvalue weighted by atomic mass is 19.3. The van der Waals surface area contributed by atoms with Gasteiger partial charge in [0.2, 0.25) is 5.92 Å². The van der Waals surface area contributed by atoms with Crippen LogP contribution in [-0.4, -0.2) is 12.5 Å². The zero-order chi connectivity index (χ0) is 14.6. The minimum absolute atomic E-state index is 0.0386. The molecule has 1 aliphatic carbocycles. The zero-order valence-electron chi connectivity index (χ0n) is 11.9.